The van der Waals surface area contributed by atoms with Gasteiger partial charge in [0.15, 0.2) is 0 Å². The van der Waals surface area contributed by atoms with Crippen molar-refractivity contribution in [3.8, 4) is 0 Å². The summed E-state index contributed by atoms with van der Waals surface area (Å²) in [6.45, 7) is 2.47. The van der Waals surface area contributed by atoms with Crippen molar-refractivity contribution < 1.29 is 4.79 Å². The Morgan fingerprint density at radius 1 is 1.67 bits per heavy atom. The average molecular weight is 222 g/mol. The Bertz CT molecular complexity index is 427. The molecule has 2 rings (SSSR count). The molecule has 1 fully saturated rings. The third-order valence-electron chi connectivity index (χ3n) is 2.86. The summed E-state index contributed by atoms with van der Waals surface area (Å²) in [5.41, 5.74) is 1.07. The molecule has 1 saturated heterocycles. The minimum absolute atomic E-state index is 0.135. The van der Waals surface area contributed by atoms with Crippen LogP contribution in [-0.4, -0.2) is 22.3 Å². The maximum atomic E-state index is 11.4. The number of carbonyl (C=O) groups is 1. The monoisotopic (exact) mass is 222 g/mol. The minimum atomic E-state index is 0.135. The molecule has 0 aliphatic carbocycles. The standard InChI is InChI=1S/C11H14N2OS/c1-8(14)13-7-3-5-10(13)9-4-2-6-12-11(9)15/h2,4,6,10H,3,5,7H2,1H3,(H,12,15)/t10-/m1/s1. The fraction of sp³-hybridized carbons (Fsp3) is 0.455. The molecule has 15 heavy (non-hydrogen) atoms. The first-order valence-electron chi connectivity index (χ1n) is 5.15. The molecule has 0 spiro atoms. The predicted octanol–water partition coefficient (Wildman–Crippen LogP) is 2.43. The number of hydrogen-bond donors (Lipinski definition) is 1. The predicted molar refractivity (Wildman–Crippen MR) is 61.0 cm³/mol. The zero-order chi connectivity index (χ0) is 10.8. The van der Waals surface area contributed by atoms with Gasteiger partial charge in [0.05, 0.1) is 6.04 Å². The number of pyridine rings is 1. The first-order valence-corrected chi connectivity index (χ1v) is 5.56. The Labute approximate surface area is 94.1 Å². The van der Waals surface area contributed by atoms with E-state index in [2.05, 4.69) is 4.98 Å². The molecule has 0 radical (unpaired) electrons. The number of rotatable bonds is 1. The Balaban J connectivity index is 2.35. The summed E-state index contributed by atoms with van der Waals surface area (Å²) in [6, 6.07) is 4.11. The SMILES string of the molecule is CC(=O)N1CCC[C@@H]1c1ccc[nH]c1=S. The van der Waals surface area contributed by atoms with Crippen molar-refractivity contribution in [3.05, 3.63) is 28.5 Å². The molecule has 2 heterocycles. The summed E-state index contributed by atoms with van der Waals surface area (Å²) in [6.07, 6.45) is 3.90. The zero-order valence-corrected chi connectivity index (χ0v) is 9.51. The van der Waals surface area contributed by atoms with Crippen molar-refractivity contribution in [3.63, 3.8) is 0 Å². The number of nitrogens with one attached hydrogen (secondary N) is 1. The number of nitrogens with zero attached hydrogens (tertiary/aromatic N) is 1. The smallest absolute Gasteiger partial charge is 0.219 e. The minimum Gasteiger partial charge on any atom is -0.353 e. The second-order valence-corrected chi connectivity index (χ2v) is 4.23. The van der Waals surface area contributed by atoms with Gasteiger partial charge >= 0.3 is 0 Å². The van der Waals surface area contributed by atoms with Crippen LogP contribution in [-0.2, 0) is 4.79 Å². The van der Waals surface area contributed by atoms with Crippen molar-refractivity contribution >= 4 is 18.1 Å². The summed E-state index contributed by atoms with van der Waals surface area (Å²) in [5, 5.41) is 0. The highest BCUT2D eigenvalue weighted by atomic mass is 32.1. The van der Waals surface area contributed by atoms with Gasteiger partial charge in [0, 0.05) is 25.2 Å². The second-order valence-electron chi connectivity index (χ2n) is 3.83. The van der Waals surface area contributed by atoms with Crippen LogP contribution in [0.25, 0.3) is 0 Å². The molecule has 1 atom stereocenters. The third-order valence-corrected chi connectivity index (χ3v) is 3.22. The lowest BCUT2D eigenvalue weighted by molar-refractivity contribution is -0.129. The fourth-order valence-corrected chi connectivity index (χ4v) is 2.44. The van der Waals surface area contributed by atoms with Crippen molar-refractivity contribution in [1.29, 1.82) is 0 Å². The number of hydrogen-bond acceptors (Lipinski definition) is 2. The molecule has 4 heteroatoms. The molecular weight excluding hydrogens is 208 g/mol. The number of aromatic nitrogens is 1. The summed E-state index contributed by atoms with van der Waals surface area (Å²) < 4.78 is 0.746. The number of likely N-dealkylation sites (tertiary alicyclic amines) is 1. The normalized spacial score (nSPS) is 20.6. The maximum Gasteiger partial charge on any atom is 0.219 e. The van der Waals surface area contributed by atoms with Crippen molar-refractivity contribution in [1.82, 2.24) is 9.88 Å². The van der Waals surface area contributed by atoms with Crippen molar-refractivity contribution in [2.45, 2.75) is 25.8 Å². The second kappa shape index (κ2) is 4.14. The largest absolute Gasteiger partial charge is 0.353 e. The van der Waals surface area contributed by atoms with E-state index in [1.807, 2.05) is 23.2 Å². The van der Waals surface area contributed by atoms with Gasteiger partial charge < -0.3 is 9.88 Å². The van der Waals surface area contributed by atoms with Crippen LogP contribution in [0.2, 0.25) is 0 Å². The van der Waals surface area contributed by atoms with Crippen molar-refractivity contribution in [2.75, 3.05) is 6.54 Å². The quantitative estimate of drug-likeness (QED) is 0.741. The highest BCUT2D eigenvalue weighted by Gasteiger charge is 2.28. The van der Waals surface area contributed by atoms with Gasteiger partial charge in [0.1, 0.15) is 4.64 Å². The van der Waals surface area contributed by atoms with Crippen LogP contribution < -0.4 is 0 Å². The summed E-state index contributed by atoms with van der Waals surface area (Å²) in [5.74, 6) is 0.135. The molecule has 1 aromatic rings. The molecule has 1 amide bonds. The third kappa shape index (κ3) is 1.95. The van der Waals surface area contributed by atoms with Crippen molar-refractivity contribution in [2.24, 2.45) is 0 Å². The topological polar surface area (TPSA) is 36.1 Å². The van der Waals surface area contributed by atoms with E-state index in [1.54, 1.807) is 6.92 Å². The van der Waals surface area contributed by atoms with Gasteiger partial charge in [-0.05, 0) is 18.9 Å². The lowest BCUT2D eigenvalue weighted by atomic mass is 10.1. The molecule has 1 aliphatic heterocycles. The van der Waals surface area contributed by atoms with E-state index in [0.29, 0.717) is 0 Å². The number of amides is 1. The van der Waals surface area contributed by atoms with E-state index in [9.17, 15) is 4.79 Å². The number of H-pyrrole nitrogens is 1. The molecule has 0 saturated carbocycles. The molecule has 1 N–H and O–H groups in total. The maximum absolute atomic E-state index is 11.4. The Kier molecular flexibility index (Phi) is 2.86. The first kappa shape index (κ1) is 10.4. The van der Waals surface area contributed by atoms with E-state index in [0.717, 1.165) is 29.6 Å². The van der Waals surface area contributed by atoms with Crippen LogP contribution in [0.5, 0.6) is 0 Å². The molecule has 3 nitrogen and oxygen atoms in total. The van der Waals surface area contributed by atoms with Gasteiger partial charge in [-0.1, -0.05) is 18.3 Å². The highest BCUT2D eigenvalue weighted by molar-refractivity contribution is 7.71. The van der Waals surface area contributed by atoms with E-state index in [-0.39, 0.29) is 11.9 Å². The molecule has 0 bridgehead atoms. The van der Waals surface area contributed by atoms with Crippen LogP contribution in [0.15, 0.2) is 18.3 Å². The molecule has 1 aromatic heterocycles. The summed E-state index contributed by atoms with van der Waals surface area (Å²) in [4.78, 5) is 16.3. The van der Waals surface area contributed by atoms with Gasteiger partial charge in [-0.15, -0.1) is 0 Å². The van der Waals surface area contributed by atoms with E-state index < -0.39 is 0 Å². The first-order chi connectivity index (χ1) is 7.20. The van der Waals surface area contributed by atoms with E-state index in [1.165, 1.54) is 0 Å². The van der Waals surface area contributed by atoms with E-state index >= 15 is 0 Å². The Hall–Kier alpha value is -1.16. The van der Waals surface area contributed by atoms with Gasteiger partial charge in [-0.2, -0.15) is 0 Å². The number of aromatic amines is 1. The van der Waals surface area contributed by atoms with Gasteiger partial charge in [0.25, 0.3) is 0 Å². The van der Waals surface area contributed by atoms with Crippen LogP contribution in [0.3, 0.4) is 0 Å². The Morgan fingerprint density at radius 2 is 2.47 bits per heavy atom. The lowest BCUT2D eigenvalue weighted by Gasteiger charge is -2.23. The van der Waals surface area contributed by atoms with E-state index in [4.69, 9.17) is 12.2 Å². The molecular formula is C11H14N2OS. The molecule has 80 valence electrons. The average Bonchev–Trinajstić information content (AvgIpc) is 2.67. The highest BCUT2D eigenvalue weighted by Crippen LogP contribution is 2.31. The van der Waals surface area contributed by atoms with Gasteiger partial charge in [-0.3, -0.25) is 4.79 Å². The van der Waals surface area contributed by atoms with Crippen LogP contribution >= 0.6 is 12.2 Å². The fourth-order valence-electron chi connectivity index (χ4n) is 2.16. The lowest BCUT2D eigenvalue weighted by Crippen LogP contribution is -2.28. The summed E-state index contributed by atoms with van der Waals surface area (Å²) >= 11 is 5.23. The van der Waals surface area contributed by atoms with Crippen LogP contribution in [0.4, 0.5) is 0 Å². The van der Waals surface area contributed by atoms with Gasteiger partial charge in [0.2, 0.25) is 5.91 Å². The summed E-state index contributed by atoms with van der Waals surface area (Å²) in [7, 11) is 0. The van der Waals surface area contributed by atoms with Crippen LogP contribution in [0, 0.1) is 4.64 Å². The molecule has 0 unspecified atom stereocenters. The number of carbonyl (C=O) groups excluding carboxylic acids is 1. The molecule has 1 aliphatic rings. The molecule has 0 aromatic carbocycles. The zero-order valence-electron chi connectivity index (χ0n) is 8.69. The van der Waals surface area contributed by atoms with Crippen LogP contribution in [0.1, 0.15) is 31.4 Å². The Morgan fingerprint density at radius 3 is 3.13 bits per heavy atom. The van der Waals surface area contributed by atoms with Gasteiger partial charge in [-0.25, -0.2) is 0 Å².